The van der Waals surface area contributed by atoms with E-state index in [4.69, 9.17) is 4.74 Å². The number of halogens is 2. The molecule has 0 spiro atoms. The molecule has 0 N–H and O–H groups in total. The lowest BCUT2D eigenvalue weighted by Crippen LogP contribution is -2.30. The van der Waals surface area contributed by atoms with Crippen LogP contribution < -0.4 is 4.74 Å². The van der Waals surface area contributed by atoms with Crippen molar-refractivity contribution >= 4 is 10.0 Å². The molecule has 0 saturated carbocycles. The Morgan fingerprint density at radius 1 is 1.09 bits per heavy atom. The van der Waals surface area contributed by atoms with E-state index in [2.05, 4.69) is 0 Å². The van der Waals surface area contributed by atoms with Gasteiger partial charge >= 0.3 is 0 Å². The van der Waals surface area contributed by atoms with Crippen LogP contribution in [0.2, 0.25) is 0 Å². The Balaban J connectivity index is 2.43. The van der Waals surface area contributed by atoms with Crippen LogP contribution in [0.25, 0.3) is 0 Å². The predicted octanol–water partition coefficient (Wildman–Crippen LogP) is 3.36. The Hall–Kier alpha value is -1.99. The summed E-state index contributed by atoms with van der Waals surface area (Å²) in [6.07, 6.45) is 0. The van der Waals surface area contributed by atoms with E-state index in [1.165, 1.54) is 14.2 Å². The van der Waals surface area contributed by atoms with Crippen LogP contribution in [-0.2, 0) is 10.0 Å². The molecule has 0 aromatic heterocycles. The fourth-order valence-corrected chi connectivity index (χ4v) is 3.64. The zero-order chi connectivity index (χ0) is 17.2. The first-order valence-corrected chi connectivity index (χ1v) is 8.28. The van der Waals surface area contributed by atoms with Gasteiger partial charge in [0.1, 0.15) is 17.4 Å². The molecule has 0 amide bonds. The molecule has 0 aliphatic rings. The lowest BCUT2D eigenvalue weighted by atomic mass is 10.1. The van der Waals surface area contributed by atoms with Crippen molar-refractivity contribution < 1.29 is 21.9 Å². The van der Waals surface area contributed by atoms with E-state index in [1.54, 1.807) is 31.2 Å². The van der Waals surface area contributed by atoms with E-state index in [0.717, 1.165) is 16.4 Å². The minimum Gasteiger partial charge on any atom is -0.496 e. The molecule has 0 fully saturated rings. The molecule has 23 heavy (non-hydrogen) atoms. The molecule has 0 bridgehead atoms. The molecule has 0 aliphatic heterocycles. The van der Waals surface area contributed by atoms with Gasteiger partial charge in [0.2, 0.25) is 10.0 Å². The van der Waals surface area contributed by atoms with Crippen LogP contribution in [0.5, 0.6) is 5.75 Å². The summed E-state index contributed by atoms with van der Waals surface area (Å²) in [6, 6.07) is 8.62. The average molecular weight is 341 g/mol. The summed E-state index contributed by atoms with van der Waals surface area (Å²) < 4.78 is 58.1. The summed E-state index contributed by atoms with van der Waals surface area (Å²) in [5, 5.41) is 0. The Morgan fingerprint density at radius 2 is 1.65 bits per heavy atom. The Kier molecular flexibility index (Phi) is 5.01. The van der Waals surface area contributed by atoms with Crippen LogP contribution in [-0.4, -0.2) is 26.9 Å². The Labute approximate surface area is 134 Å². The minimum atomic E-state index is -4.06. The third kappa shape index (κ3) is 3.51. The number of nitrogens with zero attached hydrogens (tertiary/aromatic N) is 1. The van der Waals surface area contributed by atoms with Crippen LogP contribution >= 0.6 is 0 Å². The molecule has 0 aliphatic carbocycles. The highest BCUT2D eigenvalue weighted by Gasteiger charge is 2.28. The third-order valence-electron chi connectivity index (χ3n) is 3.65. The summed E-state index contributed by atoms with van der Waals surface area (Å²) in [6.45, 7) is 1.67. The van der Waals surface area contributed by atoms with Gasteiger partial charge in [0.05, 0.1) is 18.0 Å². The second kappa shape index (κ2) is 6.64. The molecule has 124 valence electrons. The summed E-state index contributed by atoms with van der Waals surface area (Å²) in [5.74, 6) is -1.35. The first-order valence-electron chi connectivity index (χ1n) is 6.84. The molecule has 2 rings (SSSR count). The van der Waals surface area contributed by atoms with E-state index in [9.17, 15) is 17.2 Å². The van der Waals surface area contributed by atoms with Gasteiger partial charge in [0.15, 0.2) is 0 Å². The molecular formula is C16H17F2NO3S. The number of rotatable bonds is 5. The fourth-order valence-electron chi connectivity index (χ4n) is 2.26. The van der Waals surface area contributed by atoms with Crippen LogP contribution in [0.15, 0.2) is 47.4 Å². The Morgan fingerprint density at radius 3 is 2.22 bits per heavy atom. The number of benzene rings is 2. The van der Waals surface area contributed by atoms with E-state index in [-0.39, 0.29) is 0 Å². The number of hydrogen-bond donors (Lipinski definition) is 0. The zero-order valence-electron chi connectivity index (χ0n) is 13.0. The first-order chi connectivity index (χ1) is 10.8. The highest BCUT2D eigenvalue weighted by atomic mass is 32.2. The van der Waals surface area contributed by atoms with Gasteiger partial charge in [0, 0.05) is 18.7 Å². The van der Waals surface area contributed by atoms with E-state index >= 15 is 0 Å². The lowest BCUT2D eigenvalue weighted by molar-refractivity contribution is 0.367. The topological polar surface area (TPSA) is 46.6 Å². The summed E-state index contributed by atoms with van der Waals surface area (Å²) in [7, 11) is -1.21. The van der Waals surface area contributed by atoms with Crippen molar-refractivity contribution in [3.8, 4) is 5.75 Å². The van der Waals surface area contributed by atoms with Gasteiger partial charge in [-0.25, -0.2) is 17.2 Å². The number of hydrogen-bond acceptors (Lipinski definition) is 3. The van der Waals surface area contributed by atoms with Crippen LogP contribution in [0.1, 0.15) is 18.5 Å². The number of methoxy groups -OCH3 is 1. The van der Waals surface area contributed by atoms with Gasteiger partial charge in [0.25, 0.3) is 0 Å². The van der Waals surface area contributed by atoms with Crippen molar-refractivity contribution in [2.24, 2.45) is 0 Å². The monoisotopic (exact) mass is 341 g/mol. The Bertz CT molecular complexity index is 788. The van der Waals surface area contributed by atoms with Crippen LogP contribution in [0, 0.1) is 11.6 Å². The SMILES string of the molecule is COc1ccccc1[C@@H](C)N(C)S(=O)(=O)c1cc(F)cc(F)c1. The van der Waals surface area contributed by atoms with Gasteiger partial charge in [-0.15, -0.1) is 0 Å². The van der Waals surface area contributed by atoms with Crippen molar-refractivity contribution in [3.63, 3.8) is 0 Å². The van der Waals surface area contributed by atoms with Crippen LogP contribution in [0.3, 0.4) is 0 Å². The lowest BCUT2D eigenvalue weighted by Gasteiger charge is -2.26. The second-order valence-corrected chi connectivity index (χ2v) is 7.04. The highest BCUT2D eigenvalue weighted by Crippen LogP contribution is 2.31. The predicted molar refractivity (Wildman–Crippen MR) is 82.7 cm³/mol. The largest absolute Gasteiger partial charge is 0.496 e. The molecule has 0 unspecified atom stereocenters. The summed E-state index contributed by atoms with van der Waals surface area (Å²) >= 11 is 0. The van der Waals surface area contributed by atoms with Gasteiger partial charge in [-0.3, -0.25) is 0 Å². The smallest absolute Gasteiger partial charge is 0.243 e. The molecule has 0 heterocycles. The first kappa shape index (κ1) is 17.4. The van der Waals surface area contributed by atoms with E-state index in [0.29, 0.717) is 17.4 Å². The molecule has 2 aromatic carbocycles. The van der Waals surface area contributed by atoms with Gasteiger partial charge in [-0.1, -0.05) is 18.2 Å². The molecular weight excluding hydrogens is 324 g/mol. The minimum absolute atomic E-state index is 0.431. The standard InChI is InChI=1S/C16H17F2NO3S/c1-11(15-6-4-5-7-16(15)22-3)19(2)23(20,21)14-9-12(17)8-13(18)10-14/h4-11H,1-3H3/t11-/m1/s1. The molecule has 2 aromatic rings. The third-order valence-corrected chi connectivity index (χ3v) is 5.55. The molecule has 1 atom stereocenters. The van der Waals surface area contributed by atoms with Gasteiger partial charge in [-0.05, 0) is 25.1 Å². The van der Waals surface area contributed by atoms with E-state index < -0.39 is 32.6 Å². The molecule has 0 radical (unpaired) electrons. The maximum atomic E-state index is 13.3. The van der Waals surface area contributed by atoms with Crippen molar-refractivity contribution in [2.75, 3.05) is 14.2 Å². The maximum Gasteiger partial charge on any atom is 0.243 e. The summed E-state index contributed by atoms with van der Waals surface area (Å²) in [5.41, 5.74) is 0.651. The quantitative estimate of drug-likeness (QED) is 0.838. The number of ether oxygens (including phenoxy) is 1. The van der Waals surface area contributed by atoms with Crippen LogP contribution in [0.4, 0.5) is 8.78 Å². The van der Waals surface area contributed by atoms with Crippen molar-refractivity contribution in [2.45, 2.75) is 17.9 Å². The maximum absolute atomic E-state index is 13.3. The zero-order valence-corrected chi connectivity index (χ0v) is 13.8. The number of para-hydroxylation sites is 1. The van der Waals surface area contributed by atoms with Crippen molar-refractivity contribution in [1.29, 1.82) is 0 Å². The molecule has 7 heteroatoms. The highest BCUT2D eigenvalue weighted by molar-refractivity contribution is 7.89. The van der Waals surface area contributed by atoms with E-state index in [1.807, 2.05) is 0 Å². The van der Waals surface area contributed by atoms with Gasteiger partial charge in [-0.2, -0.15) is 4.31 Å². The molecule has 0 saturated heterocycles. The summed E-state index contributed by atoms with van der Waals surface area (Å²) in [4.78, 5) is -0.431. The average Bonchev–Trinajstić information content (AvgIpc) is 2.52. The van der Waals surface area contributed by atoms with Crippen molar-refractivity contribution in [3.05, 3.63) is 59.7 Å². The van der Waals surface area contributed by atoms with Crippen molar-refractivity contribution in [1.82, 2.24) is 4.31 Å². The number of sulfonamides is 1. The second-order valence-electron chi connectivity index (χ2n) is 5.04. The normalized spacial score (nSPS) is 13.1. The fraction of sp³-hybridized carbons (Fsp3) is 0.250. The van der Waals surface area contributed by atoms with Gasteiger partial charge < -0.3 is 4.74 Å². The molecule has 4 nitrogen and oxygen atoms in total.